The molecule has 0 saturated heterocycles. The van der Waals surface area contributed by atoms with Gasteiger partial charge in [0.1, 0.15) is 6.54 Å². The predicted molar refractivity (Wildman–Crippen MR) is 98.9 cm³/mol. The topological polar surface area (TPSA) is 51.1 Å². The Morgan fingerprint density at radius 3 is 2.67 bits per heavy atom. The van der Waals surface area contributed by atoms with Crippen LogP contribution in [0.5, 0.6) is 0 Å². The Labute approximate surface area is 148 Å². The lowest BCUT2D eigenvalue weighted by atomic mass is 10.1. The molecule has 5 heteroatoms. The molecule has 0 fully saturated rings. The number of fused-ring (bicyclic) bond motifs is 1. The van der Waals surface area contributed by atoms with E-state index < -0.39 is 0 Å². The molecule has 122 valence electrons. The lowest BCUT2D eigenvalue weighted by molar-refractivity contribution is -0.122. The number of hydrogen-bond acceptors (Lipinski definition) is 2. The summed E-state index contributed by atoms with van der Waals surface area (Å²) < 4.78 is 2.65. The van der Waals surface area contributed by atoms with Crippen molar-refractivity contribution >= 4 is 32.7 Å². The van der Waals surface area contributed by atoms with Gasteiger partial charge in [-0.15, -0.1) is 0 Å². The van der Waals surface area contributed by atoms with E-state index in [0.29, 0.717) is 5.39 Å². The molecule has 0 unspecified atom stereocenters. The first kappa shape index (κ1) is 16.5. The molecular weight excluding hydrogens is 368 g/mol. The Bertz CT molecular complexity index is 935. The number of amides is 1. The van der Waals surface area contributed by atoms with Gasteiger partial charge in [-0.25, -0.2) is 0 Å². The van der Waals surface area contributed by atoms with Gasteiger partial charge in [-0.3, -0.25) is 9.59 Å². The zero-order valence-electron chi connectivity index (χ0n) is 13.2. The molecule has 1 amide bonds. The monoisotopic (exact) mass is 384 g/mol. The molecule has 3 aromatic rings. The van der Waals surface area contributed by atoms with E-state index in [2.05, 4.69) is 21.2 Å². The summed E-state index contributed by atoms with van der Waals surface area (Å²) in [7, 11) is 0. The minimum atomic E-state index is -0.101. The second-order valence-electron chi connectivity index (χ2n) is 5.67. The number of carbonyl (C=O) groups is 1. The average Bonchev–Trinajstić information content (AvgIpc) is 2.58. The fourth-order valence-electron chi connectivity index (χ4n) is 2.68. The van der Waals surface area contributed by atoms with Gasteiger partial charge in [0.05, 0.1) is 11.6 Å². The highest BCUT2D eigenvalue weighted by molar-refractivity contribution is 9.10. The largest absolute Gasteiger partial charge is 0.348 e. The summed E-state index contributed by atoms with van der Waals surface area (Å²) in [6.45, 7) is 2.11. The van der Waals surface area contributed by atoms with Gasteiger partial charge in [-0.2, -0.15) is 0 Å². The lowest BCUT2D eigenvalue weighted by Gasteiger charge is -2.16. The van der Waals surface area contributed by atoms with E-state index in [-0.39, 0.29) is 23.9 Å². The third kappa shape index (κ3) is 3.57. The number of aromatic nitrogens is 1. The smallest absolute Gasteiger partial charge is 0.240 e. The number of pyridine rings is 1. The Morgan fingerprint density at radius 1 is 1.17 bits per heavy atom. The van der Waals surface area contributed by atoms with Gasteiger partial charge in [0, 0.05) is 22.1 Å². The van der Waals surface area contributed by atoms with Gasteiger partial charge in [0.15, 0.2) is 5.43 Å². The molecule has 3 rings (SSSR count). The molecule has 24 heavy (non-hydrogen) atoms. The maximum Gasteiger partial charge on any atom is 0.240 e. The highest BCUT2D eigenvalue weighted by atomic mass is 79.9. The van der Waals surface area contributed by atoms with Crippen LogP contribution in [0.25, 0.3) is 10.9 Å². The van der Waals surface area contributed by atoms with E-state index in [9.17, 15) is 9.59 Å². The maximum atomic E-state index is 12.4. The van der Waals surface area contributed by atoms with Crippen molar-refractivity contribution in [3.8, 4) is 0 Å². The van der Waals surface area contributed by atoms with Crippen molar-refractivity contribution in [2.45, 2.75) is 19.5 Å². The van der Waals surface area contributed by atoms with Crippen LogP contribution in [0.15, 0.2) is 70.1 Å². The van der Waals surface area contributed by atoms with Crippen molar-refractivity contribution in [1.29, 1.82) is 0 Å². The molecule has 0 aliphatic rings. The Hall–Kier alpha value is -2.40. The maximum absolute atomic E-state index is 12.4. The van der Waals surface area contributed by atoms with Crippen molar-refractivity contribution in [2.24, 2.45) is 0 Å². The van der Waals surface area contributed by atoms with Crippen LogP contribution in [-0.4, -0.2) is 10.5 Å². The van der Waals surface area contributed by atoms with Crippen LogP contribution >= 0.6 is 15.9 Å². The van der Waals surface area contributed by atoms with Crippen LogP contribution in [0.3, 0.4) is 0 Å². The number of nitrogens with one attached hydrogen (secondary N) is 1. The molecular formula is C19H17BrN2O2. The van der Waals surface area contributed by atoms with Crippen LogP contribution in [-0.2, 0) is 11.3 Å². The predicted octanol–water partition coefficient (Wildman–Crippen LogP) is 3.64. The minimum absolute atomic E-state index is 0.0492. The quantitative estimate of drug-likeness (QED) is 0.746. The summed E-state index contributed by atoms with van der Waals surface area (Å²) in [6.07, 6.45) is 1.66. The molecule has 1 heterocycles. The van der Waals surface area contributed by atoms with E-state index in [0.717, 1.165) is 15.6 Å². The summed E-state index contributed by atoms with van der Waals surface area (Å²) >= 11 is 3.41. The molecule has 0 bridgehead atoms. The van der Waals surface area contributed by atoms with E-state index in [1.165, 1.54) is 6.07 Å². The molecule has 1 aromatic heterocycles. The van der Waals surface area contributed by atoms with Crippen molar-refractivity contribution < 1.29 is 4.79 Å². The zero-order chi connectivity index (χ0) is 17.1. The first-order valence-corrected chi connectivity index (χ1v) is 8.47. The van der Waals surface area contributed by atoms with Gasteiger partial charge in [-0.1, -0.05) is 46.3 Å². The lowest BCUT2D eigenvalue weighted by Crippen LogP contribution is -2.30. The third-order valence-electron chi connectivity index (χ3n) is 3.93. The number of nitrogens with zero attached hydrogens (tertiary/aromatic N) is 1. The van der Waals surface area contributed by atoms with E-state index >= 15 is 0 Å². The Balaban J connectivity index is 1.82. The number of benzene rings is 2. The molecule has 4 nitrogen and oxygen atoms in total. The van der Waals surface area contributed by atoms with Crippen LogP contribution in [0, 0.1) is 0 Å². The highest BCUT2D eigenvalue weighted by Crippen LogP contribution is 2.17. The molecule has 0 aliphatic heterocycles. The van der Waals surface area contributed by atoms with Gasteiger partial charge >= 0.3 is 0 Å². The second kappa shape index (κ2) is 7.01. The summed E-state index contributed by atoms with van der Waals surface area (Å²) in [5, 5.41) is 3.59. The van der Waals surface area contributed by atoms with Crippen LogP contribution in [0.1, 0.15) is 18.5 Å². The van der Waals surface area contributed by atoms with Crippen LogP contribution in [0.4, 0.5) is 0 Å². The summed E-state index contributed by atoms with van der Waals surface area (Å²) in [5.41, 5.74) is 1.74. The summed E-state index contributed by atoms with van der Waals surface area (Å²) in [5.74, 6) is -0.101. The molecule has 0 saturated carbocycles. The standard InChI is InChI=1S/C19H17BrN2O2/c1-13(14-5-3-2-4-6-14)21-19(24)12-22-10-9-18(23)16-8-7-15(20)11-17(16)22/h2-11,13H,12H2,1H3,(H,21,24)/t13-/m0/s1. The van der Waals surface area contributed by atoms with E-state index in [1.807, 2.05) is 49.4 Å². The zero-order valence-corrected chi connectivity index (χ0v) is 14.8. The molecule has 0 spiro atoms. The molecule has 1 atom stereocenters. The SMILES string of the molecule is C[C@H](NC(=O)Cn1ccc(=O)c2ccc(Br)cc21)c1ccccc1. The number of halogens is 1. The number of carbonyl (C=O) groups excluding carboxylic acids is 1. The van der Waals surface area contributed by atoms with Gasteiger partial charge in [0.2, 0.25) is 5.91 Å². The van der Waals surface area contributed by atoms with Crippen LogP contribution in [0.2, 0.25) is 0 Å². The van der Waals surface area contributed by atoms with E-state index in [4.69, 9.17) is 0 Å². The van der Waals surface area contributed by atoms with Gasteiger partial charge < -0.3 is 9.88 Å². The third-order valence-corrected chi connectivity index (χ3v) is 4.42. The molecule has 1 N–H and O–H groups in total. The second-order valence-corrected chi connectivity index (χ2v) is 6.58. The fourth-order valence-corrected chi connectivity index (χ4v) is 3.03. The van der Waals surface area contributed by atoms with E-state index in [1.54, 1.807) is 16.8 Å². The first-order chi connectivity index (χ1) is 11.5. The molecule has 0 radical (unpaired) electrons. The number of rotatable bonds is 4. The highest BCUT2D eigenvalue weighted by Gasteiger charge is 2.11. The van der Waals surface area contributed by atoms with Crippen molar-refractivity contribution in [3.63, 3.8) is 0 Å². The summed E-state index contributed by atoms with van der Waals surface area (Å²) in [4.78, 5) is 24.3. The normalized spacial score (nSPS) is 12.1. The minimum Gasteiger partial charge on any atom is -0.348 e. The molecule has 2 aromatic carbocycles. The summed E-state index contributed by atoms with van der Waals surface area (Å²) in [6, 6.07) is 16.7. The van der Waals surface area contributed by atoms with Crippen molar-refractivity contribution in [1.82, 2.24) is 9.88 Å². The average molecular weight is 385 g/mol. The van der Waals surface area contributed by atoms with Gasteiger partial charge in [0.25, 0.3) is 0 Å². The Kier molecular flexibility index (Phi) is 4.81. The first-order valence-electron chi connectivity index (χ1n) is 7.67. The van der Waals surface area contributed by atoms with Crippen LogP contribution < -0.4 is 10.7 Å². The Morgan fingerprint density at radius 2 is 1.92 bits per heavy atom. The fraction of sp³-hybridized carbons (Fsp3) is 0.158. The van der Waals surface area contributed by atoms with Gasteiger partial charge in [-0.05, 0) is 30.7 Å². The number of hydrogen-bond donors (Lipinski definition) is 1. The van der Waals surface area contributed by atoms with Crippen molar-refractivity contribution in [3.05, 3.63) is 81.1 Å². The molecule has 0 aliphatic carbocycles. The van der Waals surface area contributed by atoms with Crippen molar-refractivity contribution in [2.75, 3.05) is 0 Å².